The second-order valence-electron chi connectivity index (χ2n) is 7.36. The number of likely N-dealkylation sites (tertiary alicyclic amines) is 1. The third-order valence-corrected chi connectivity index (χ3v) is 5.48. The molecule has 0 saturated carbocycles. The van der Waals surface area contributed by atoms with E-state index in [0.29, 0.717) is 30.8 Å². The van der Waals surface area contributed by atoms with Crippen LogP contribution in [0.25, 0.3) is 11.1 Å². The molecule has 2 bridgehead atoms. The molecule has 2 aromatic rings. The summed E-state index contributed by atoms with van der Waals surface area (Å²) in [5, 5.41) is 0. The lowest BCUT2D eigenvalue weighted by Crippen LogP contribution is -2.48. The van der Waals surface area contributed by atoms with E-state index < -0.39 is 18.2 Å². The zero-order valence-corrected chi connectivity index (χ0v) is 15.2. The number of nitrogens with zero attached hydrogens (tertiary/aromatic N) is 2. The van der Waals surface area contributed by atoms with Crippen molar-refractivity contribution in [3.8, 4) is 16.9 Å². The van der Waals surface area contributed by atoms with Gasteiger partial charge in [0, 0.05) is 44.2 Å². The van der Waals surface area contributed by atoms with Crippen molar-refractivity contribution in [3.63, 3.8) is 0 Å². The molecule has 4 rings (SSSR count). The van der Waals surface area contributed by atoms with Crippen LogP contribution in [0.4, 0.5) is 13.2 Å². The van der Waals surface area contributed by atoms with Crippen LogP contribution in [0.1, 0.15) is 25.0 Å². The summed E-state index contributed by atoms with van der Waals surface area (Å²) in [7, 11) is 0. The fraction of sp³-hybridized carbons (Fsp3) is 0.400. The summed E-state index contributed by atoms with van der Waals surface area (Å²) in [5.41, 5.74) is 1.54. The SMILES string of the molecule is CC(=O)N1C[C@@H]2C[C@H](C1)c1cc(-c3ccc(OC(F)F)c(F)c3)cc(=O)n1C2. The number of hydrogen-bond donors (Lipinski definition) is 0. The predicted octanol–water partition coefficient (Wildman–Crippen LogP) is 3.22. The summed E-state index contributed by atoms with van der Waals surface area (Å²) in [6.07, 6.45) is 0.891. The van der Waals surface area contributed by atoms with Gasteiger partial charge >= 0.3 is 6.61 Å². The van der Waals surface area contributed by atoms with E-state index >= 15 is 0 Å². The molecule has 0 unspecified atom stereocenters. The van der Waals surface area contributed by atoms with Gasteiger partial charge < -0.3 is 14.2 Å². The van der Waals surface area contributed by atoms with E-state index in [1.54, 1.807) is 9.47 Å². The molecule has 0 N–H and O–H groups in total. The van der Waals surface area contributed by atoms with Crippen molar-refractivity contribution in [2.75, 3.05) is 13.1 Å². The lowest BCUT2D eigenvalue weighted by Gasteiger charge is -2.42. The lowest BCUT2D eigenvalue weighted by molar-refractivity contribution is -0.131. The summed E-state index contributed by atoms with van der Waals surface area (Å²) in [5.74, 6) is -1.17. The van der Waals surface area contributed by atoms with E-state index in [-0.39, 0.29) is 23.3 Å². The molecule has 3 heterocycles. The number of ether oxygens (including phenoxy) is 1. The molecule has 5 nitrogen and oxygen atoms in total. The highest BCUT2D eigenvalue weighted by Gasteiger charge is 2.35. The summed E-state index contributed by atoms with van der Waals surface area (Å²) >= 11 is 0. The van der Waals surface area contributed by atoms with E-state index in [1.807, 2.05) is 6.07 Å². The molecule has 148 valence electrons. The average molecular weight is 392 g/mol. The van der Waals surface area contributed by atoms with E-state index in [2.05, 4.69) is 4.74 Å². The van der Waals surface area contributed by atoms with Gasteiger partial charge in [0.25, 0.3) is 5.56 Å². The Morgan fingerprint density at radius 2 is 1.93 bits per heavy atom. The van der Waals surface area contributed by atoms with Crippen molar-refractivity contribution in [3.05, 3.63) is 52.2 Å². The third-order valence-electron chi connectivity index (χ3n) is 5.48. The first-order valence-electron chi connectivity index (χ1n) is 9.07. The summed E-state index contributed by atoms with van der Waals surface area (Å²) in [6, 6.07) is 6.91. The van der Waals surface area contributed by atoms with Gasteiger partial charge in [-0.05, 0) is 41.7 Å². The molecule has 1 amide bonds. The van der Waals surface area contributed by atoms with Crippen molar-refractivity contribution < 1.29 is 22.7 Å². The van der Waals surface area contributed by atoms with Gasteiger partial charge in [-0.2, -0.15) is 8.78 Å². The Balaban J connectivity index is 1.71. The molecule has 1 fully saturated rings. The van der Waals surface area contributed by atoms with E-state index in [9.17, 15) is 22.8 Å². The van der Waals surface area contributed by atoms with Gasteiger partial charge in [-0.25, -0.2) is 4.39 Å². The maximum atomic E-state index is 14.1. The maximum absolute atomic E-state index is 14.1. The number of alkyl halides is 2. The van der Waals surface area contributed by atoms with E-state index in [1.165, 1.54) is 19.1 Å². The van der Waals surface area contributed by atoms with Gasteiger partial charge in [-0.3, -0.25) is 9.59 Å². The van der Waals surface area contributed by atoms with Crippen molar-refractivity contribution in [2.45, 2.75) is 32.4 Å². The van der Waals surface area contributed by atoms with Gasteiger partial charge in [0.05, 0.1) is 0 Å². The zero-order chi connectivity index (χ0) is 20.0. The van der Waals surface area contributed by atoms with Crippen molar-refractivity contribution in [1.29, 1.82) is 0 Å². The minimum absolute atomic E-state index is 0.0124. The van der Waals surface area contributed by atoms with Crippen LogP contribution < -0.4 is 10.3 Å². The Labute approximate surface area is 159 Å². The first-order valence-corrected chi connectivity index (χ1v) is 9.07. The molecule has 1 aromatic heterocycles. The van der Waals surface area contributed by atoms with E-state index in [0.717, 1.165) is 24.2 Å². The molecule has 28 heavy (non-hydrogen) atoms. The molecule has 2 atom stereocenters. The molecular weight excluding hydrogens is 373 g/mol. The number of aromatic nitrogens is 1. The van der Waals surface area contributed by atoms with Crippen LogP contribution in [-0.2, 0) is 11.3 Å². The Morgan fingerprint density at radius 3 is 2.61 bits per heavy atom. The number of fused-ring (bicyclic) bond motifs is 4. The number of pyridine rings is 1. The second-order valence-corrected chi connectivity index (χ2v) is 7.36. The molecule has 1 saturated heterocycles. The molecule has 2 aliphatic rings. The Morgan fingerprint density at radius 1 is 1.14 bits per heavy atom. The number of benzene rings is 1. The molecular formula is C20H19F3N2O3. The molecule has 0 spiro atoms. The van der Waals surface area contributed by atoms with Crippen LogP contribution in [0.5, 0.6) is 5.75 Å². The van der Waals surface area contributed by atoms with Crippen molar-refractivity contribution >= 4 is 5.91 Å². The fourth-order valence-corrected chi connectivity index (χ4v) is 4.25. The number of halogens is 3. The number of amides is 1. The van der Waals surface area contributed by atoms with Crippen LogP contribution in [0, 0.1) is 11.7 Å². The van der Waals surface area contributed by atoms with Crippen LogP contribution in [0.3, 0.4) is 0 Å². The highest BCUT2D eigenvalue weighted by molar-refractivity contribution is 5.73. The second kappa shape index (κ2) is 7.00. The smallest absolute Gasteiger partial charge is 0.387 e. The van der Waals surface area contributed by atoms with E-state index in [4.69, 9.17) is 0 Å². The van der Waals surface area contributed by atoms with Gasteiger partial charge in [0.15, 0.2) is 11.6 Å². The fourth-order valence-electron chi connectivity index (χ4n) is 4.25. The summed E-state index contributed by atoms with van der Waals surface area (Å²) in [6.45, 7) is 0.165. The van der Waals surface area contributed by atoms with Crippen molar-refractivity contribution in [2.24, 2.45) is 5.92 Å². The quantitative estimate of drug-likeness (QED) is 0.806. The first-order chi connectivity index (χ1) is 13.3. The van der Waals surface area contributed by atoms with Crippen LogP contribution in [0.2, 0.25) is 0 Å². The average Bonchev–Trinajstić information content (AvgIpc) is 2.63. The highest BCUT2D eigenvalue weighted by Crippen LogP contribution is 2.37. The first kappa shape index (κ1) is 18.6. The third kappa shape index (κ3) is 3.39. The summed E-state index contributed by atoms with van der Waals surface area (Å²) in [4.78, 5) is 26.3. The largest absolute Gasteiger partial charge is 0.432 e. The number of carbonyl (C=O) groups excluding carboxylic acids is 1. The number of rotatable bonds is 3. The van der Waals surface area contributed by atoms with Crippen molar-refractivity contribution in [1.82, 2.24) is 9.47 Å². The molecule has 8 heteroatoms. The molecule has 1 aromatic carbocycles. The highest BCUT2D eigenvalue weighted by atomic mass is 19.3. The predicted molar refractivity (Wildman–Crippen MR) is 95.8 cm³/mol. The standard InChI is InChI=1S/C20H19F3N2O3/c1-11(26)24-8-12-4-15(10-24)17-6-14(7-19(27)25(17)9-12)13-2-3-18(16(21)5-13)28-20(22)23/h2-3,5-7,12,15,20H,4,8-10H2,1H3/t12-,15+/m0/s1. The van der Waals surface area contributed by atoms with Gasteiger partial charge in [0.2, 0.25) is 5.91 Å². The van der Waals surface area contributed by atoms with Crippen LogP contribution in [-0.4, -0.2) is 35.1 Å². The summed E-state index contributed by atoms with van der Waals surface area (Å²) < 4.78 is 44.6. The number of hydrogen-bond acceptors (Lipinski definition) is 3. The zero-order valence-electron chi connectivity index (χ0n) is 15.2. The minimum Gasteiger partial charge on any atom is -0.432 e. The Bertz CT molecular complexity index is 989. The van der Waals surface area contributed by atoms with Gasteiger partial charge in [0.1, 0.15) is 0 Å². The van der Waals surface area contributed by atoms with Crippen LogP contribution in [0.15, 0.2) is 35.1 Å². The Hall–Kier alpha value is -2.77. The minimum atomic E-state index is -3.11. The van der Waals surface area contributed by atoms with Gasteiger partial charge in [-0.15, -0.1) is 0 Å². The molecule has 2 aliphatic heterocycles. The Kier molecular flexibility index (Phi) is 4.64. The lowest BCUT2D eigenvalue weighted by atomic mass is 9.82. The monoisotopic (exact) mass is 392 g/mol. The molecule has 0 radical (unpaired) electrons. The molecule has 0 aliphatic carbocycles. The van der Waals surface area contributed by atoms with Crippen LogP contribution >= 0.6 is 0 Å². The number of carbonyl (C=O) groups is 1. The normalized spacial score (nSPS) is 20.8. The van der Waals surface area contributed by atoms with Gasteiger partial charge in [-0.1, -0.05) is 6.07 Å². The topological polar surface area (TPSA) is 51.5 Å². The maximum Gasteiger partial charge on any atom is 0.387 e. The number of piperidine rings is 1.